The summed E-state index contributed by atoms with van der Waals surface area (Å²) in [5, 5.41) is 123. The van der Waals surface area contributed by atoms with Crippen molar-refractivity contribution in [2.45, 2.75) is 14.7 Å². The number of hydrogen-bond acceptors (Lipinski definition) is 24. The summed E-state index contributed by atoms with van der Waals surface area (Å²) >= 11 is 0. The van der Waals surface area contributed by atoms with E-state index in [1.165, 1.54) is 36.4 Å². The molecule has 12 rings (SSSR count). The van der Waals surface area contributed by atoms with E-state index in [2.05, 4.69) is 30.7 Å². The Bertz CT molecular complexity index is 5120. The van der Waals surface area contributed by atoms with Crippen LogP contribution >= 0.6 is 0 Å². The molecule has 0 atom stereocenters. The smallest absolute Gasteiger partial charge is 0.506 e. The monoisotopic (exact) mass is 1470 g/mol. The Morgan fingerprint density at radius 1 is 0.278 bits per heavy atom. The van der Waals surface area contributed by atoms with Gasteiger partial charge < -0.3 is 30.6 Å². The van der Waals surface area contributed by atoms with Gasteiger partial charge in [-0.3, -0.25) is 44.0 Å². The van der Waals surface area contributed by atoms with Gasteiger partial charge in [-0.2, -0.15) is 25.3 Å². The van der Waals surface area contributed by atoms with Crippen molar-refractivity contribution in [3.8, 4) is 34.5 Å². The molecule has 0 aromatic heterocycles. The number of nitro groups is 3. The summed E-state index contributed by atoms with van der Waals surface area (Å²) in [6, 6.07) is 42.5. The van der Waals surface area contributed by atoms with E-state index in [0.717, 1.165) is 70.8 Å². The van der Waals surface area contributed by atoms with Crippen LogP contribution in [0.4, 0.5) is 51.2 Å². The van der Waals surface area contributed by atoms with Gasteiger partial charge in [-0.15, -0.1) is 30.7 Å². The average Bonchev–Trinajstić information content (AvgIpc) is 0.772. The molecule has 30 nitrogen and oxygen atoms in total. The first-order chi connectivity index (χ1) is 44.0. The molecule has 12 aromatic carbocycles. The third-order valence-electron chi connectivity index (χ3n) is 14.0. The minimum atomic E-state index is -4.81. The van der Waals surface area contributed by atoms with Crippen molar-refractivity contribution in [1.29, 1.82) is 0 Å². The molecule has 0 aliphatic heterocycles. The summed E-state index contributed by atoms with van der Waals surface area (Å²) in [7, 11) is -14.4. The third kappa shape index (κ3) is 16.4. The number of nitrogens with zero attached hydrogens (tertiary/aromatic N) is 9. The summed E-state index contributed by atoms with van der Waals surface area (Å²) in [6.45, 7) is 0. The van der Waals surface area contributed by atoms with Gasteiger partial charge in [0.25, 0.3) is 47.4 Å². The first kappa shape index (κ1) is 76.8. The van der Waals surface area contributed by atoms with E-state index in [4.69, 9.17) is 0 Å². The summed E-state index contributed by atoms with van der Waals surface area (Å²) in [6.07, 6.45) is 0. The van der Waals surface area contributed by atoms with E-state index in [-0.39, 0.29) is 178 Å². The van der Waals surface area contributed by atoms with Gasteiger partial charge in [0, 0.05) is 103 Å². The predicted octanol–water partition coefficient (Wildman–Crippen LogP) is 8.93. The minimum Gasteiger partial charge on any atom is -0.506 e. The molecule has 12 aromatic rings. The molecule has 0 heterocycles. The van der Waals surface area contributed by atoms with Crippen molar-refractivity contribution in [3.05, 3.63) is 212 Å². The van der Waals surface area contributed by atoms with Crippen LogP contribution in [0.5, 0.6) is 34.5 Å². The molecule has 9 N–H and O–H groups in total. The molecule has 2 radical (unpaired) electrons. The fraction of sp³-hybridized carbons (Fsp3) is 0. The summed E-state index contributed by atoms with van der Waals surface area (Å²) < 4.78 is 99.0. The quantitative estimate of drug-likeness (QED) is 0.0181. The maximum atomic E-state index is 11.7. The van der Waals surface area contributed by atoms with E-state index in [0.29, 0.717) is 16.2 Å². The van der Waals surface area contributed by atoms with Gasteiger partial charge in [0.05, 0.1) is 14.8 Å². The number of nitro benzene ring substituents is 3. The van der Waals surface area contributed by atoms with Crippen LogP contribution in [-0.2, 0) is 65.1 Å². The molecule has 474 valence electrons. The molecule has 0 fully saturated rings. The first-order valence-corrected chi connectivity index (χ1v) is 30.4. The number of rotatable bonds is 12. The van der Waals surface area contributed by atoms with Crippen LogP contribution in [0.15, 0.2) is 227 Å². The fourth-order valence-corrected chi connectivity index (χ4v) is 11.8. The molecule has 0 spiro atoms. The van der Waals surface area contributed by atoms with Gasteiger partial charge in [0.1, 0.15) is 83.3 Å². The second-order valence-corrected chi connectivity index (χ2v) is 23.8. The number of azo groups is 3. The minimum absolute atomic E-state index is 0. The Hall–Kier alpha value is -9.21. The number of hydrogen-bond donors (Lipinski definition) is 9. The van der Waals surface area contributed by atoms with Crippen molar-refractivity contribution in [3.63, 3.8) is 0 Å². The van der Waals surface area contributed by atoms with Crippen LogP contribution in [0, 0.1) is 30.3 Å². The molecular formula is C60H39Cr2N9Na2O21S3+8. The second kappa shape index (κ2) is 30.9. The molecular weight excluding hydrogens is 1430 g/mol. The number of benzene rings is 12. The van der Waals surface area contributed by atoms with Gasteiger partial charge >= 0.3 is 93.8 Å². The van der Waals surface area contributed by atoms with E-state index >= 15 is 0 Å². The molecule has 37 heteroatoms. The number of fused-ring (bicyclic) bond motifs is 6. The maximum Gasteiger partial charge on any atom is 3.00 e. The summed E-state index contributed by atoms with van der Waals surface area (Å²) in [4.78, 5) is 29.0. The van der Waals surface area contributed by atoms with Crippen molar-refractivity contribution < 1.29 is 178 Å². The van der Waals surface area contributed by atoms with Crippen LogP contribution in [0.2, 0.25) is 0 Å². The summed E-state index contributed by atoms with van der Waals surface area (Å²) in [5.41, 5.74) is -1.48. The van der Waals surface area contributed by atoms with Crippen LogP contribution in [0.25, 0.3) is 64.6 Å². The first-order valence-electron chi connectivity index (χ1n) is 26.1. The Kier molecular flexibility index (Phi) is 24.5. The van der Waals surface area contributed by atoms with E-state index in [9.17, 15) is 99.9 Å². The number of phenolic OH excluding ortho intramolecular Hbond substituents is 6. The van der Waals surface area contributed by atoms with Crippen molar-refractivity contribution in [1.82, 2.24) is 0 Å². The Morgan fingerprint density at radius 2 is 0.495 bits per heavy atom. The maximum absolute atomic E-state index is 11.7. The molecule has 0 aliphatic carbocycles. The standard InChI is InChI=1S/3C20H13N3O7S.2Cr.2Na/c3*24-16-8-5-11-3-1-2-4-13(11)19(16)21-22-20-14-7-6-12(23(26)27)9-15(14)18(10-17(20)25)31(28,29)30;;;;/h3*1-10,24-25H,(H,28,29,30);;;;/q;;;2*+3;2*+1. The molecule has 0 unspecified atom stereocenters. The van der Waals surface area contributed by atoms with Crippen LogP contribution in [0.3, 0.4) is 0 Å². The molecule has 0 saturated heterocycles. The molecule has 0 bridgehead atoms. The zero-order valence-corrected chi connectivity index (χ0v) is 58.3. The molecule has 0 saturated carbocycles. The average molecular weight is 1470 g/mol. The zero-order chi connectivity index (χ0) is 67.0. The van der Waals surface area contributed by atoms with Gasteiger partial charge in [-0.05, 0) is 52.6 Å². The van der Waals surface area contributed by atoms with Gasteiger partial charge in [-0.1, -0.05) is 91.0 Å². The SMILES string of the molecule is O=[N+]([O-])c1ccc2c(N=Nc3c(O)ccc4ccccc34)c(O)cc(S(=O)(=O)O)c2c1.O=[N+]([O-])c1ccc2c(N=Nc3c(O)ccc4ccccc34)c(O)cc(S(=O)(=O)O)c2c1.O=[N+]([O-])c1ccc2c(N=Nc3c(O)ccc4ccccc34)c(O)cc(S(=O)(=O)O)c2c1.[Cr+3].[Cr+3].[Na+].[Na+]. The zero-order valence-electron chi connectivity index (χ0n) is 49.3. The Labute approximate surface area is 610 Å². The second-order valence-electron chi connectivity index (χ2n) is 19.7. The predicted molar refractivity (Wildman–Crippen MR) is 336 cm³/mol. The number of aromatic hydroxyl groups is 6. The normalized spacial score (nSPS) is 11.5. The van der Waals surface area contributed by atoms with Crippen molar-refractivity contribution in [2.24, 2.45) is 30.7 Å². The Morgan fingerprint density at radius 3 is 0.711 bits per heavy atom. The third-order valence-corrected chi connectivity index (χ3v) is 16.6. The molecule has 0 aliphatic rings. The Balaban J connectivity index is 0.000000225. The van der Waals surface area contributed by atoms with Gasteiger partial charge in [-0.25, -0.2) is 0 Å². The van der Waals surface area contributed by atoms with E-state index < -0.39 is 94.1 Å². The van der Waals surface area contributed by atoms with Crippen LogP contribution < -0.4 is 59.1 Å². The molecule has 0 amide bonds. The number of phenols is 6. The number of non-ortho nitro benzene ring substituents is 3. The van der Waals surface area contributed by atoms with Crippen molar-refractivity contribution >= 4 is 146 Å². The summed E-state index contributed by atoms with van der Waals surface area (Å²) in [5.74, 6) is -2.39. The van der Waals surface area contributed by atoms with Crippen LogP contribution in [0.1, 0.15) is 0 Å². The fourth-order valence-electron chi connectivity index (χ4n) is 9.69. The van der Waals surface area contributed by atoms with Gasteiger partial charge in [0.2, 0.25) is 0 Å². The van der Waals surface area contributed by atoms with E-state index in [1.54, 1.807) is 91.0 Å². The largest absolute Gasteiger partial charge is 3.00 e. The van der Waals surface area contributed by atoms with Crippen LogP contribution in [-0.4, -0.2) is 84.3 Å². The van der Waals surface area contributed by atoms with Crippen molar-refractivity contribution in [2.75, 3.05) is 0 Å². The van der Waals surface area contributed by atoms with Gasteiger partial charge in [0.15, 0.2) is 0 Å². The molecule has 97 heavy (non-hydrogen) atoms. The van der Waals surface area contributed by atoms with E-state index in [1.807, 2.05) is 0 Å². The topological polar surface area (TPSA) is 488 Å².